The van der Waals surface area contributed by atoms with Crippen LogP contribution < -0.4 is 16.0 Å². The zero-order valence-electron chi connectivity index (χ0n) is 16.0. The van der Waals surface area contributed by atoms with E-state index in [9.17, 15) is 9.18 Å². The number of hydrogen-bond acceptors (Lipinski definition) is 6. The lowest BCUT2D eigenvalue weighted by Crippen LogP contribution is -2.43. The highest BCUT2D eigenvalue weighted by atomic mass is 19.1. The summed E-state index contributed by atoms with van der Waals surface area (Å²) in [5.41, 5.74) is 7.35. The summed E-state index contributed by atoms with van der Waals surface area (Å²) in [6.45, 7) is 1.55. The predicted molar refractivity (Wildman–Crippen MR) is 108 cm³/mol. The molecule has 1 fully saturated rings. The highest BCUT2D eigenvalue weighted by molar-refractivity contribution is 6.04. The first-order valence-electron chi connectivity index (χ1n) is 9.44. The third kappa shape index (κ3) is 3.95. The molecule has 150 valence electrons. The van der Waals surface area contributed by atoms with Gasteiger partial charge in [0.25, 0.3) is 5.91 Å². The molecule has 0 unspecified atom stereocenters. The average molecular weight is 395 g/mol. The second-order valence-electron chi connectivity index (χ2n) is 7.08. The minimum Gasteiger partial charge on any atom is -0.354 e. The molecule has 4 rings (SSSR count). The van der Waals surface area contributed by atoms with Crippen LogP contribution in [-0.4, -0.2) is 44.8 Å². The van der Waals surface area contributed by atoms with Gasteiger partial charge in [-0.05, 0) is 25.0 Å². The van der Waals surface area contributed by atoms with E-state index in [2.05, 4.69) is 25.3 Å². The van der Waals surface area contributed by atoms with Crippen molar-refractivity contribution in [2.24, 2.45) is 12.8 Å². The molecular weight excluding hydrogens is 373 g/mol. The van der Waals surface area contributed by atoms with Gasteiger partial charge in [-0.3, -0.25) is 14.5 Å². The molecule has 0 aliphatic carbocycles. The van der Waals surface area contributed by atoms with Crippen molar-refractivity contribution >= 4 is 17.4 Å². The van der Waals surface area contributed by atoms with Gasteiger partial charge in [0.1, 0.15) is 17.2 Å². The number of carbonyl (C=O) groups excluding carboxylic acids is 1. The van der Waals surface area contributed by atoms with Gasteiger partial charge in [-0.15, -0.1) is 0 Å². The van der Waals surface area contributed by atoms with E-state index >= 15 is 0 Å². The van der Waals surface area contributed by atoms with Crippen LogP contribution in [0, 0.1) is 5.82 Å². The maximum absolute atomic E-state index is 14.1. The number of amides is 1. The van der Waals surface area contributed by atoms with Gasteiger partial charge in [-0.2, -0.15) is 5.10 Å². The summed E-state index contributed by atoms with van der Waals surface area (Å²) in [4.78, 5) is 23.3. The molecule has 0 spiro atoms. The fraction of sp³-hybridized carbons (Fsp3) is 0.300. The Hall–Kier alpha value is -3.33. The lowest BCUT2D eigenvalue weighted by Gasteiger charge is -2.32. The van der Waals surface area contributed by atoms with Crippen LogP contribution in [0.5, 0.6) is 0 Å². The predicted octanol–water partition coefficient (Wildman–Crippen LogP) is 2.20. The number of rotatable bonds is 4. The van der Waals surface area contributed by atoms with E-state index in [4.69, 9.17) is 5.73 Å². The van der Waals surface area contributed by atoms with E-state index in [-0.39, 0.29) is 11.7 Å². The van der Waals surface area contributed by atoms with E-state index < -0.39 is 11.7 Å². The second-order valence-corrected chi connectivity index (χ2v) is 7.08. The Morgan fingerprint density at radius 2 is 2.10 bits per heavy atom. The fourth-order valence-electron chi connectivity index (χ4n) is 3.56. The summed E-state index contributed by atoms with van der Waals surface area (Å²) in [6.07, 6.45) is 6.35. The van der Waals surface area contributed by atoms with Crippen molar-refractivity contribution in [1.82, 2.24) is 19.7 Å². The first-order valence-corrected chi connectivity index (χ1v) is 9.44. The molecule has 1 saturated heterocycles. The summed E-state index contributed by atoms with van der Waals surface area (Å²) in [7, 11) is 1.82. The van der Waals surface area contributed by atoms with Gasteiger partial charge in [0, 0.05) is 31.7 Å². The number of hydrogen-bond donors (Lipinski definition) is 2. The molecule has 9 heteroatoms. The molecule has 1 aliphatic heterocycles. The monoisotopic (exact) mass is 395 g/mol. The minimum atomic E-state index is -0.439. The normalized spacial score (nSPS) is 16.7. The molecule has 29 heavy (non-hydrogen) atoms. The number of benzene rings is 1. The maximum atomic E-state index is 14.1. The summed E-state index contributed by atoms with van der Waals surface area (Å²) in [5, 5.41) is 7.13. The highest BCUT2D eigenvalue weighted by Gasteiger charge is 2.24. The van der Waals surface area contributed by atoms with Gasteiger partial charge in [0.15, 0.2) is 5.82 Å². The standard InChI is InChI=1S/C20H22FN7O/c1-27-20(28-8-4-5-13(22)12-28)18(11-24-27)26-19(29)17-10-23-9-16(25-17)14-6-2-3-7-15(14)21/h2-3,6-7,9-11,13H,4-5,8,12,22H2,1H3,(H,26,29)/t13-/m0/s1. The maximum Gasteiger partial charge on any atom is 0.276 e. The molecule has 0 radical (unpaired) electrons. The molecule has 2 aromatic heterocycles. The van der Waals surface area contributed by atoms with Crippen molar-refractivity contribution in [3.63, 3.8) is 0 Å². The van der Waals surface area contributed by atoms with Crippen LogP contribution in [-0.2, 0) is 7.05 Å². The van der Waals surface area contributed by atoms with Crippen LogP contribution in [0.2, 0.25) is 0 Å². The molecule has 3 aromatic rings. The largest absolute Gasteiger partial charge is 0.354 e. The summed E-state index contributed by atoms with van der Waals surface area (Å²) in [6, 6.07) is 6.33. The second kappa shape index (κ2) is 7.96. The molecule has 0 saturated carbocycles. The number of nitrogens with two attached hydrogens (primary N) is 1. The third-order valence-corrected chi connectivity index (χ3v) is 4.93. The van der Waals surface area contributed by atoms with Crippen molar-refractivity contribution in [3.8, 4) is 11.3 Å². The lowest BCUT2D eigenvalue weighted by molar-refractivity contribution is 0.102. The molecule has 0 bridgehead atoms. The van der Waals surface area contributed by atoms with E-state index in [1.807, 2.05) is 7.05 Å². The van der Waals surface area contributed by atoms with Gasteiger partial charge >= 0.3 is 0 Å². The molecular formula is C20H22FN7O. The van der Waals surface area contributed by atoms with Crippen LogP contribution >= 0.6 is 0 Å². The number of nitrogens with zero attached hydrogens (tertiary/aromatic N) is 5. The summed E-state index contributed by atoms with van der Waals surface area (Å²) >= 11 is 0. The molecule has 8 nitrogen and oxygen atoms in total. The molecule has 1 amide bonds. The quantitative estimate of drug-likeness (QED) is 0.702. The van der Waals surface area contributed by atoms with Gasteiger partial charge in [-0.1, -0.05) is 12.1 Å². The SMILES string of the molecule is Cn1ncc(NC(=O)c2cncc(-c3ccccc3F)n2)c1N1CCC[C@H](N)C1. The van der Waals surface area contributed by atoms with Crippen LogP contribution in [0.25, 0.3) is 11.3 Å². The van der Waals surface area contributed by atoms with Crippen molar-refractivity contribution in [3.05, 3.63) is 54.4 Å². The topological polar surface area (TPSA) is 102 Å². The van der Waals surface area contributed by atoms with E-state index in [0.29, 0.717) is 23.5 Å². The van der Waals surface area contributed by atoms with Crippen LogP contribution in [0.4, 0.5) is 15.9 Å². The molecule has 3 heterocycles. The smallest absolute Gasteiger partial charge is 0.276 e. The Bertz CT molecular complexity index is 1040. The van der Waals surface area contributed by atoms with Crippen LogP contribution in [0.1, 0.15) is 23.3 Å². The van der Waals surface area contributed by atoms with E-state index in [1.165, 1.54) is 18.5 Å². The Morgan fingerprint density at radius 1 is 1.28 bits per heavy atom. The van der Waals surface area contributed by atoms with Gasteiger partial charge in [0.05, 0.1) is 24.3 Å². The first-order chi connectivity index (χ1) is 14.0. The first kappa shape index (κ1) is 19.0. The summed E-state index contributed by atoms with van der Waals surface area (Å²) < 4.78 is 15.8. The molecule has 1 aromatic carbocycles. The number of anilines is 2. The number of halogens is 1. The van der Waals surface area contributed by atoms with Crippen molar-refractivity contribution in [2.75, 3.05) is 23.3 Å². The highest BCUT2D eigenvalue weighted by Crippen LogP contribution is 2.28. The van der Waals surface area contributed by atoms with E-state index in [0.717, 1.165) is 25.2 Å². The molecule has 1 atom stereocenters. The Morgan fingerprint density at radius 3 is 2.90 bits per heavy atom. The Labute approximate surface area is 167 Å². The zero-order chi connectivity index (χ0) is 20.4. The Balaban J connectivity index is 1.58. The number of aryl methyl sites for hydroxylation is 1. The molecule has 3 N–H and O–H groups in total. The number of carbonyl (C=O) groups is 1. The minimum absolute atomic E-state index is 0.0884. The zero-order valence-corrected chi connectivity index (χ0v) is 16.0. The molecule has 1 aliphatic rings. The number of aromatic nitrogens is 4. The summed E-state index contributed by atoms with van der Waals surface area (Å²) in [5.74, 6) is -0.0618. The fourth-order valence-corrected chi connectivity index (χ4v) is 3.56. The number of piperidine rings is 1. The van der Waals surface area contributed by atoms with Crippen molar-refractivity contribution in [1.29, 1.82) is 0 Å². The Kier molecular flexibility index (Phi) is 5.22. The van der Waals surface area contributed by atoms with Crippen molar-refractivity contribution < 1.29 is 9.18 Å². The van der Waals surface area contributed by atoms with Crippen LogP contribution in [0.15, 0.2) is 42.9 Å². The average Bonchev–Trinajstić information content (AvgIpc) is 3.08. The van der Waals surface area contributed by atoms with Crippen molar-refractivity contribution in [2.45, 2.75) is 18.9 Å². The van der Waals surface area contributed by atoms with Crippen LogP contribution in [0.3, 0.4) is 0 Å². The van der Waals surface area contributed by atoms with Gasteiger partial charge in [0.2, 0.25) is 0 Å². The van der Waals surface area contributed by atoms with Gasteiger partial charge in [-0.25, -0.2) is 9.37 Å². The number of nitrogens with one attached hydrogen (secondary N) is 1. The third-order valence-electron chi connectivity index (χ3n) is 4.93. The van der Waals surface area contributed by atoms with Gasteiger partial charge < -0.3 is 16.0 Å². The lowest BCUT2D eigenvalue weighted by atomic mass is 10.1. The van der Waals surface area contributed by atoms with E-state index in [1.54, 1.807) is 29.1 Å².